The number of aromatic nitrogens is 4. The molecule has 1 saturated heterocycles. The molecule has 0 saturated carbocycles. The van der Waals surface area contributed by atoms with Crippen LogP contribution in [0.5, 0.6) is 0 Å². The van der Waals surface area contributed by atoms with Gasteiger partial charge in [-0.3, -0.25) is 0 Å². The summed E-state index contributed by atoms with van der Waals surface area (Å²) < 4.78 is 7.16. The first-order valence-corrected chi connectivity index (χ1v) is 8.70. The average Bonchev–Trinajstić information content (AvgIpc) is 2.86. The zero-order valence-electron chi connectivity index (χ0n) is 14.9. The smallest absolute Gasteiger partial charge is 0.407 e. The zero-order chi connectivity index (χ0) is 18.2. The van der Waals surface area contributed by atoms with Crippen LogP contribution in [-0.2, 0) is 11.8 Å². The fraction of sp³-hybridized carbons (Fsp3) is 0.625. The lowest BCUT2D eigenvalue weighted by molar-refractivity contribution is 0.0500. The van der Waals surface area contributed by atoms with E-state index in [0.29, 0.717) is 23.5 Å². The van der Waals surface area contributed by atoms with Gasteiger partial charge < -0.3 is 19.5 Å². The van der Waals surface area contributed by atoms with Crippen LogP contribution in [0.4, 0.5) is 10.6 Å². The van der Waals surface area contributed by atoms with Crippen molar-refractivity contribution in [2.45, 2.75) is 45.3 Å². The molecular weight excluding hydrogens is 344 g/mol. The monoisotopic (exact) mass is 366 g/mol. The summed E-state index contributed by atoms with van der Waals surface area (Å²) in [5.74, 6) is 0.700. The maximum absolute atomic E-state index is 12.0. The Morgan fingerprint density at radius 3 is 2.88 bits per heavy atom. The number of fused-ring (bicyclic) bond motifs is 1. The summed E-state index contributed by atoms with van der Waals surface area (Å²) in [5.41, 5.74) is 0.890. The predicted octanol–water partition coefficient (Wildman–Crippen LogP) is 2.51. The van der Waals surface area contributed by atoms with Gasteiger partial charge in [-0.2, -0.15) is 9.97 Å². The van der Waals surface area contributed by atoms with Crippen LogP contribution in [-0.4, -0.2) is 50.3 Å². The molecule has 0 radical (unpaired) electrons. The molecule has 0 aliphatic carbocycles. The van der Waals surface area contributed by atoms with Crippen molar-refractivity contribution in [3.8, 4) is 0 Å². The summed E-state index contributed by atoms with van der Waals surface area (Å²) in [6, 6.07) is -0.0175. The van der Waals surface area contributed by atoms with Gasteiger partial charge in [-0.05, 0) is 45.2 Å². The Morgan fingerprint density at radius 1 is 1.40 bits per heavy atom. The molecule has 0 unspecified atom stereocenters. The number of nitrogens with zero attached hydrogens (tertiary/aromatic N) is 5. The topological polar surface area (TPSA) is 85.2 Å². The number of piperidine rings is 1. The van der Waals surface area contributed by atoms with Crippen molar-refractivity contribution in [2.75, 3.05) is 18.0 Å². The van der Waals surface area contributed by atoms with Gasteiger partial charge in [0.15, 0.2) is 17.0 Å². The largest absolute Gasteiger partial charge is 0.444 e. The molecule has 2 aromatic rings. The van der Waals surface area contributed by atoms with Crippen molar-refractivity contribution < 1.29 is 9.53 Å². The second-order valence-electron chi connectivity index (χ2n) is 7.28. The van der Waals surface area contributed by atoms with Gasteiger partial charge in [0.2, 0.25) is 5.28 Å². The van der Waals surface area contributed by atoms with Gasteiger partial charge in [0.05, 0.1) is 6.33 Å². The first-order valence-electron chi connectivity index (χ1n) is 8.32. The van der Waals surface area contributed by atoms with E-state index in [1.807, 2.05) is 32.4 Å². The van der Waals surface area contributed by atoms with Crippen LogP contribution < -0.4 is 10.2 Å². The quantitative estimate of drug-likeness (QED) is 0.822. The number of halogens is 1. The molecule has 1 aliphatic rings. The van der Waals surface area contributed by atoms with E-state index in [-0.39, 0.29) is 11.3 Å². The molecule has 136 valence electrons. The molecule has 1 N–H and O–H groups in total. The van der Waals surface area contributed by atoms with Gasteiger partial charge in [-0.1, -0.05) is 0 Å². The Kier molecular flexibility index (Phi) is 4.73. The highest BCUT2D eigenvalue weighted by Crippen LogP contribution is 2.26. The third-order valence-electron chi connectivity index (χ3n) is 3.96. The lowest BCUT2D eigenvalue weighted by Gasteiger charge is -2.34. The van der Waals surface area contributed by atoms with Gasteiger partial charge in [0.1, 0.15) is 5.60 Å². The Morgan fingerprint density at radius 2 is 2.16 bits per heavy atom. The SMILES string of the molecule is Cn1cnc2c(N3CCC[C@H](NC(=O)OC(C)(C)C)C3)nc(Cl)nc21. The number of nitrogens with one attached hydrogen (secondary N) is 1. The molecule has 3 rings (SSSR count). The number of amides is 1. The third kappa shape index (κ3) is 4.12. The first kappa shape index (κ1) is 17.7. The molecular formula is C16H23ClN6O2. The Bertz CT molecular complexity index is 785. The van der Waals surface area contributed by atoms with Crippen LogP contribution in [0.2, 0.25) is 5.28 Å². The van der Waals surface area contributed by atoms with Crippen molar-refractivity contribution in [3.63, 3.8) is 0 Å². The maximum atomic E-state index is 12.0. The van der Waals surface area contributed by atoms with Crippen LogP contribution in [0.15, 0.2) is 6.33 Å². The molecule has 8 nitrogen and oxygen atoms in total. The first-order chi connectivity index (χ1) is 11.7. The fourth-order valence-electron chi connectivity index (χ4n) is 2.95. The van der Waals surface area contributed by atoms with Crippen LogP contribution in [0.1, 0.15) is 33.6 Å². The second-order valence-corrected chi connectivity index (χ2v) is 7.61. The number of alkyl carbamates (subject to hydrolysis) is 1. The molecule has 0 aromatic carbocycles. The van der Waals surface area contributed by atoms with Gasteiger partial charge >= 0.3 is 6.09 Å². The summed E-state index contributed by atoms with van der Waals surface area (Å²) in [6.07, 6.45) is 3.11. The van der Waals surface area contributed by atoms with Gasteiger partial charge in [0.25, 0.3) is 0 Å². The molecule has 2 aromatic heterocycles. The minimum atomic E-state index is -0.515. The Labute approximate surface area is 151 Å². The molecule has 0 spiro atoms. The molecule has 1 fully saturated rings. The maximum Gasteiger partial charge on any atom is 0.407 e. The summed E-state index contributed by atoms with van der Waals surface area (Å²) in [6.45, 7) is 6.99. The van der Waals surface area contributed by atoms with Crippen molar-refractivity contribution in [3.05, 3.63) is 11.6 Å². The lowest BCUT2D eigenvalue weighted by atomic mass is 10.1. The minimum absolute atomic E-state index is 0.0175. The van der Waals surface area contributed by atoms with E-state index in [1.165, 1.54) is 0 Å². The highest BCUT2D eigenvalue weighted by Gasteiger charge is 2.27. The third-order valence-corrected chi connectivity index (χ3v) is 4.12. The van der Waals surface area contributed by atoms with Crippen LogP contribution in [0, 0.1) is 0 Å². The van der Waals surface area contributed by atoms with E-state index in [4.69, 9.17) is 16.3 Å². The van der Waals surface area contributed by atoms with E-state index in [0.717, 1.165) is 19.4 Å². The normalized spacial score (nSPS) is 18.4. The highest BCUT2D eigenvalue weighted by molar-refractivity contribution is 6.28. The number of imidazole rings is 1. The molecule has 25 heavy (non-hydrogen) atoms. The number of carbonyl (C=O) groups is 1. The Hall–Kier alpha value is -2.09. The van der Waals surface area contributed by atoms with Gasteiger partial charge in [0, 0.05) is 26.2 Å². The number of hydrogen-bond acceptors (Lipinski definition) is 6. The Balaban J connectivity index is 1.77. The summed E-state index contributed by atoms with van der Waals surface area (Å²) in [5, 5.41) is 3.13. The number of aryl methyl sites for hydroxylation is 1. The number of hydrogen-bond donors (Lipinski definition) is 1. The highest BCUT2D eigenvalue weighted by atomic mass is 35.5. The van der Waals surface area contributed by atoms with E-state index in [9.17, 15) is 4.79 Å². The molecule has 1 aliphatic heterocycles. The van der Waals surface area contributed by atoms with Crippen LogP contribution in [0.25, 0.3) is 11.2 Å². The van der Waals surface area contributed by atoms with Crippen molar-refractivity contribution in [2.24, 2.45) is 7.05 Å². The van der Waals surface area contributed by atoms with E-state index in [2.05, 4.69) is 25.2 Å². The summed E-state index contributed by atoms with van der Waals surface area (Å²) in [7, 11) is 1.87. The van der Waals surface area contributed by atoms with Crippen molar-refractivity contribution >= 4 is 34.7 Å². The van der Waals surface area contributed by atoms with Crippen molar-refractivity contribution in [1.82, 2.24) is 24.8 Å². The standard InChI is InChI=1S/C16H23ClN6O2/c1-16(2,3)25-15(24)19-10-6-5-7-23(8-10)13-11-12(20-14(17)21-13)22(4)9-18-11/h9-10H,5-8H2,1-4H3,(H,19,24)/t10-/m0/s1. The molecule has 1 atom stereocenters. The summed E-state index contributed by atoms with van der Waals surface area (Å²) >= 11 is 6.09. The van der Waals surface area contributed by atoms with Crippen molar-refractivity contribution in [1.29, 1.82) is 0 Å². The number of rotatable bonds is 2. The number of anilines is 1. The second kappa shape index (κ2) is 6.67. The van der Waals surface area contributed by atoms with E-state index < -0.39 is 11.7 Å². The average molecular weight is 367 g/mol. The summed E-state index contributed by atoms with van der Waals surface area (Å²) in [4.78, 5) is 27.1. The minimum Gasteiger partial charge on any atom is -0.444 e. The predicted molar refractivity (Wildman–Crippen MR) is 95.9 cm³/mol. The molecule has 3 heterocycles. The van der Waals surface area contributed by atoms with Crippen LogP contribution >= 0.6 is 11.6 Å². The zero-order valence-corrected chi connectivity index (χ0v) is 15.7. The molecule has 1 amide bonds. The van der Waals surface area contributed by atoms with E-state index in [1.54, 1.807) is 6.33 Å². The molecule has 9 heteroatoms. The number of ether oxygens (including phenoxy) is 1. The fourth-order valence-corrected chi connectivity index (χ4v) is 3.11. The lowest BCUT2D eigenvalue weighted by Crippen LogP contribution is -2.49. The van der Waals surface area contributed by atoms with Crippen LogP contribution in [0.3, 0.4) is 0 Å². The van der Waals surface area contributed by atoms with Gasteiger partial charge in [-0.25, -0.2) is 9.78 Å². The number of carbonyl (C=O) groups excluding carboxylic acids is 1. The van der Waals surface area contributed by atoms with Gasteiger partial charge in [-0.15, -0.1) is 0 Å². The van der Waals surface area contributed by atoms with E-state index >= 15 is 0 Å². The molecule has 0 bridgehead atoms.